The van der Waals surface area contributed by atoms with Crippen LogP contribution in [-0.2, 0) is 9.53 Å². The fourth-order valence-electron chi connectivity index (χ4n) is 0.655. The first-order valence-corrected chi connectivity index (χ1v) is 3.89. The lowest BCUT2D eigenvalue weighted by atomic mass is 10.6. The minimum atomic E-state index is -0.477. The summed E-state index contributed by atoms with van der Waals surface area (Å²) in [6.45, 7) is 3.62. The number of hydrogen-bond donors (Lipinski definition) is 0. The first-order valence-electron chi connectivity index (χ1n) is 3.89. The molecule has 0 spiro atoms. The third kappa shape index (κ3) is 3.61. The van der Waals surface area contributed by atoms with Crippen LogP contribution in [0.25, 0.3) is 0 Å². The van der Waals surface area contributed by atoms with Crippen molar-refractivity contribution in [3.05, 3.63) is 24.9 Å². The molecule has 1 heterocycles. The Morgan fingerprint density at radius 1 is 1.57 bits per heavy atom. The Kier molecular flexibility index (Phi) is 4.06. The van der Waals surface area contributed by atoms with E-state index in [1.54, 1.807) is 6.07 Å². The largest absolute Gasteiger partial charge is 0.473 e. The molecule has 0 N–H and O–H groups in total. The number of aromatic nitrogens is 3. The van der Waals surface area contributed by atoms with Crippen molar-refractivity contribution in [1.82, 2.24) is 15.4 Å². The highest BCUT2D eigenvalue weighted by Crippen LogP contribution is 1.99. The zero-order chi connectivity index (χ0) is 10.2. The van der Waals surface area contributed by atoms with Gasteiger partial charge in [0.2, 0.25) is 5.88 Å². The third-order valence-electron chi connectivity index (χ3n) is 1.22. The van der Waals surface area contributed by atoms with Gasteiger partial charge in [0.05, 0.1) is 6.20 Å². The third-order valence-corrected chi connectivity index (χ3v) is 1.22. The van der Waals surface area contributed by atoms with Crippen LogP contribution in [0.1, 0.15) is 0 Å². The number of hydrogen-bond acceptors (Lipinski definition) is 6. The topological polar surface area (TPSA) is 74.2 Å². The van der Waals surface area contributed by atoms with E-state index in [1.807, 2.05) is 0 Å². The van der Waals surface area contributed by atoms with Gasteiger partial charge in [0.25, 0.3) is 0 Å². The lowest BCUT2D eigenvalue weighted by Crippen LogP contribution is -2.10. The average molecular weight is 195 g/mol. The molecule has 0 bridgehead atoms. The summed E-state index contributed by atoms with van der Waals surface area (Å²) in [5.41, 5.74) is 0. The van der Waals surface area contributed by atoms with Crippen LogP contribution in [0.5, 0.6) is 5.88 Å². The van der Waals surface area contributed by atoms with Crippen molar-refractivity contribution in [2.75, 3.05) is 13.2 Å². The molecular weight excluding hydrogens is 186 g/mol. The van der Waals surface area contributed by atoms with Crippen LogP contribution in [-0.4, -0.2) is 34.6 Å². The Labute approximate surface area is 80.6 Å². The second kappa shape index (κ2) is 5.63. The molecule has 0 aliphatic heterocycles. The molecule has 1 rings (SSSR count). The SMILES string of the molecule is C=CC(=O)OCCOc1ccnnn1. The van der Waals surface area contributed by atoms with Crippen molar-refractivity contribution in [3.63, 3.8) is 0 Å². The first-order chi connectivity index (χ1) is 6.83. The van der Waals surface area contributed by atoms with Crippen molar-refractivity contribution >= 4 is 5.97 Å². The molecule has 0 fully saturated rings. The Hall–Kier alpha value is -1.98. The lowest BCUT2D eigenvalue weighted by Gasteiger charge is -2.03. The van der Waals surface area contributed by atoms with Crippen molar-refractivity contribution in [1.29, 1.82) is 0 Å². The molecule has 1 aromatic heterocycles. The average Bonchev–Trinajstić information content (AvgIpc) is 2.25. The number of nitrogens with zero attached hydrogens (tertiary/aromatic N) is 3. The van der Waals surface area contributed by atoms with E-state index >= 15 is 0 Å². The zero-order valence-corrected chi connectivity index (χ0v) is 7.42. The van der Waals surface area contributed by atoms with Crippen LogP contribution in [0.15, 0.2) is 24.9 Å². The molecule has 6 heteroatoms. The molecular formula is C8H9N3O3. The van der Waals surface area contributed by atoms with Gasteiger partial charge in [-0.3, -0.25) is 0 Å². The summed E-state index contributed by atoms with van der Waals surface area (Å²) in [5.74, 6) is -0.135. The van der Waals surface area contributed by atoms with Crippen molar-refractivity contribution in [2.24, 2.45) is 0 Å². The van der Waals surface area contributed by atoms with Gasteiger partial charge < -0.3 is 9.47 Å². The summed E-state index contributed by atoms with van der Waals surface area (Å²) in [4.78, 5) is 10.6. The molecule has 0 aromatic carbocycles. The predicted molar refractivity (Wildman–Crippen MR) is 46.5 cm³/mol. The smallest absolute Gasteiger partial charge is 0.330 e. The fourth-order valence-corrected chi connectivity index (χ4v) is 0.655. The summed E-state index contributed by atoms with van der Waals surface area (Å²) < 4.78 is 9.74. The standard InChI is InChI=1S/C8H9N3O3/c1-2-8(12)14-6-5-13-7-3-4-9-11-10-7/h2-4H,1,5-6H2. The van der Waals surface area contributed by atoms with Crippen LogP contribution in [0.3, 0.4) is 0 Å². The highest BCUT2D eigenvalue weighted by atomic mass is 16.6. The molecule has 0 radical (unpaired) electrons. The molecule has 0 saturated heterocycles. The molecule has 0 aliphatic rings. The summed E-state index contributed by atoms with van der Waals surface area (Å²) in [7, 11) is 0. The first kappa shape index (κ1) is 10.1. The molecule has 0 atom stereocenters. The summed E-state index contributed by atoms with van der Waals surface area (Å²) in [6.07, 6.45) is 2.55. The van der Waals surface area contributed by atoms with Gasteiger partial charge in [-0.1, -0.05) is 11.7 Å². The Morgan fingerprint density at radius 3 is 3.07 bits per heavy atom. The number of carbonyl (C=O) groups excluding carboxylic acids is 1. The van der Waals surface area contributed by atoms with E-state index in [9.17, 15) is 4.79 Å². The summed E-state index contributed by atoms with van der Waals surface area (Å²) in [5, 5.41) is 10.4. The zero-order valence-electron chi connectivity index (χ0n) is 7.42. The number of esters is 1. The number of carbonyl (C=O) groups is 1. The van der Waals surface area contributed by atoms with E-state index in [-0.39, 0.29) is 13.2 Å². The van der Waals surface area contributed by atoms with Crippen LogP contribution in [0.2, 0.25) is 0 Å². The van der Waals surface area contributed by atoms with E-state index in [1.165, 1.54) is 6.20 Å². The fraction of sp³-hybridized carbons (Fsp3) is 0.250. The van der Waals surface area contributed by atoms with E-state index in [0.717, 1.165) is 6.08 Å². The second-order valence-corrected chi connectivity index (χ2v) is 2.18. The molecule has 1 aromatic rings. The van der Waals surface area contributed by atoms with Gasteiger partial charge in [0, 0.05) is 12.1 Å². The molecule has 74 valence electrons. The van der Waals surface area contributed by atoms with Crippen LogP contribution >= 0.6 is 0 Å². The van der Waals surface area contributed by atoms with Gasteiger partial charge in [0.15, 0.2) is 0 Å². The number of ether oxygens (including phenoxy) is 2. The predicted octanol–water partition coefficient (Wildman–Crippen LogP) is -0.0204. The second-order valence-electron chi connectivity index (χ2n) is 2.18. The monoisotopic (exact) mass is 195 g/mol. The Morgan fingerprint density at radius 2 is 2.43 bits per heavy atom. The van der Waals surface area contributed by atoms with E-state index in [4.69, 9.17) is 4.74 Å². The van der Waals surface area contributed by atoms with E-state index < -0.39 is 5.97 Å². The molecule has 0 saturated carbocycles. The maximum atomic E-state index is 10.6. The van der Waals surface area contributed by atoms with Gasteiger partial charge in [-0.15, -0.1) is 5.10 Å². The maximum Gasteiger partial charge on any atom is 0.330 e. The van der Waals surface area contributed by atoms with E-state index in [0.29, 0.717) is 5.88 Å². The highest BCUT2D eigenvalue weighted by molar-refractivity contribution is 5.81. The normalized spacial score (nSPS) is 9.14. The van der Waals surface area contributed by atoms with Crippen LogP contribution in [0.4, 0.5) is 0 Å². The van der Waals surface area contributed by atoms with Gasteiger partial charge in [-0.05, 0) is 5.21 Å². The van der Waals surface area contributed by atoms with Gasteiger partial charge >= 0.3 is 5.97 Å². The van der Waals surface area contributed by atoms with Crippen molar-refractivity contribution in [3.8, 4) is 5.88 Å². The maximum absolute atomic E-state index is 10.6. The molecule has 0 amide bonds. The highest BCUT2D eigenvalue weighted by Gasteiger charge is 1.97. The van der Waals surface area contributed by atoms with Crippen LogP contribution < -0.4 is 4.74 Å². The van der Waals surface area contributed by atoms with Crippen molar-refractivity contribution in [2.45, 2.75) is 0 Å². The van der Waals surface area contributed by atoms with Gasteiger partial charge in [0.1, 0.15) is 13.2 Å². The van der Waals surface area contributed by atoms with Crippen molar-refractivity contribution < 1.29 is 14.3 Å². The quantitative estimate of drug-likeness (QED) is 0.373. The Balaban J connectivity index is 2.16. The summed E-state index contributed by atoms with van der Waals surface area (Å²) in [6, 6.07) is 1.56. The van der Waals surface area contributed by atoms with Gasteiger partial charge in [-0.2, -0.15) is 0 Å². The minimum Gasteiger partial charge on any atom is -0.473 e. The molecule has 6 nitrogen and oxygen atoms in total. The molecule has 0 aliphatic carbocycles. The summed E-state index contributed by atoms with van der Waals surface area (Å²) >= 11 is 0. The van der Waals surface area contributed by atoms with Gasteiger partial charge in [-0.25, -0.2) is 4.79 Å². The Bertz CT molecular complexity index is 302. The van der Waals surface area contributed by atoms with E-state index in [2.05, 4.69) is 26.7 Å². The lowest BCUT2D eigenvalue weighted by molar-refractivity contribution is -0.138. The van der Waals surface area contributed by atoms with Crippen LogP contribution in [0, 0.1) is 0 Å². The molecule has 0 unspecified atom stereocenters. The molecule has 14 heavy (non-hydrogen) atoms. The number of rotatable bonds is 5. The minimum absolute atomic E-state index is 0.148.